The molecular weight excluding hydrogens is 404 g/mol. The van der Waals surface area contributed by atoms with Crippen LogP contribution in [0.3, 0.4) is 0 Å². The highest BCUT2D eigenvalue weighted by atomic mass is 16.5. The molecule has 0 aliphatic carbocycles. The fraction of sp³-hybridized carbons (Fsp3) is 0.542. The Kier molecular flexibility index (Phi) is 7.22. The first-order valence-corrected chi connectivity index (χ1v) is 11.7. The zero-order valence-electron chi connectivity index (χ0n) is 19.3. The minimum Gasteiger partial charge on any atom is -0.492 e. The number of carbonyl (C=O) groups is 1. The maximum atomic E-state index is 13.5. The maximum Gasteiger partial charge on any atom is 0.272 e. The van der Waals surface area contributed by atoms with Crippen LogP contribution in [0.4, 0.5) is 5.69 Å². The summed E-state index contributed by atoms with van der Waals surface area (Å²) in [5.74, 6) is 0.558. The SMILES string of the molecule is CCOc1cc(N2CCNC[C@H]2CC)c(C(=O)N[C@@H]2CCN(C)C2)nc1-c1cccnc1. The quantitative estimate of drug-likeness (QED) is 0.686. The van der Waals surface area contributed by atoms with Gasteiger partial charge in [-0.25, -0.2) is 4.98 Å². The summed E-state index contributed by atoms with van der Waals surface area (Å²) in [4.78, 5) is 27.2. The lowest BCUT2D eigenvalue weighted by atomic mass is 10.1. The molecule has 2 aromatic rings. The third kappa shape index (κ3) is 4.86. The molecule has 8 heteroatoms. The van der Waals surface area contributed by atoms with Gasteiger partial charge in [0, 0.05) is 62.3 Å². The molecule has 0 bridgehead atoms. The van der Waals surface area contributed by atoms with Gasteiger partial charge < -0.3 is 25.2 Å². The minimum atomic E-state index is -0.123. The number of aromatic nitrogens is 2. The van der Waals surface area contributed by atoms with E-state index in [1.165, 1.54) is 0 Å². The predicted octanol–water partition coefficient (Wildman–Crippen LogP) is 2.16. The molecule has 2 aliphatic heterocycles. The number of pyridine rings is 2. The van der Waals surface area contributed by atoms with Crippen LogP contribution in [0.2, 0.25) is 0 Å². The lowest BCUT2D eigenvalue weighted by molar-refractivity contribution is 0.0933. The van der Waals surface area contributed by atoms with Gasteiger partial charge in [-0.2, -0.15) is 0 Å². The number of likely N-dealkylation sites (tertiary alicyclic amines) is 1. The van der Waals surface area contributed by atoms with Crippen LogP contribution in [0.1, 0.15) is 37.2 Å². The van der Waals surface area contributed by atoms with Crippen molar-refractivity contribution in [3.8, 4) is 17.0 Å². The summed E-state index contributed by atoms with van der Waals surface area (Å²) in [7, 11) is 2.08. The summed E-state index contributed by atoms with van der Waals surface area (Å²) in [5, 5.41) is 6.69. The van der Waals surface area contributed by atoms with Gasteiger partial charge in [-0.3, -0.25) is 9.78 Å². The molecule has 0 unspecified atom stereocenters. The predicted molar refractivity (Wildman–Crippen MR) is 126 cm³/mol. The Labute approximate surface area is 190 Å². The second kappa shape index (κ2) is 10.3. The van der Waals surface area contributed by atoms with Crippen molar-refractivity contribution < 1.29 is 9.53 Å². The van der Waals surface area contributed by atoms with Gasteiger partial charge >= 0.3 is 0 Å². The van der Waals surface area contributed by atoms with E-state index in [4.69, 9.17) is 9.72 Å². The zero-order chi connectivity index (χ0) is 22.5. The normalized spacial score (nSPS) is 21.5. The number of rotatable bonds is 7. The largest absolute Gasteiger partial charge is 0.492 e. The highest BCUT2D eigenvalue weighted by molar-refractivity contribution is 5.99. The van der Waals surface area contributed by atoms with Gasteiger partial charge in [-0.05, 0) is 45.5 Å². The van der Waals surface area contributed by atoms with Crippen molar-refractivity contribution in [1.29, 1.82) is 0 Å². The Morgan fingerprint density at radius 2 is 2.22 bits per heavy atom. The molecule has 2 fully saturated rings. The van der Waals surface area contributed by atoms with Crippen LogP contribution in [0.25, 0.3) is 11.3 Å². The Balaban J connectivity index is 1.78. The fourth-order valence-electron chi connectivity index (χ4n) is 4.60. The molecule has 32 heavy (non-hydrogen) atoms. The third-order valence-corrected chi connectivity index (χ3v) is 6.27. The molecule has 2 aromatic heterocycles. The van der Waals surface area contributed by atoms with Crippen LogP contribution in [-0.2, 0) is 0 Å². The first kappa shape index (κ1) is 22.5. The molecule has 2 atom stereocenters. The first-order chi connectivity index (χ1) is 15.6. The van der Waals surface area contributed by atoms with Crippen molar-refractivity contribution in [3.63, 3.8) is 0 Å². The number of ether oxygens (including phenoxy) is 1. The lowest BCUT2D eigenvalue weighted by Crippen LogP contribution is -2.52. The summed E-state index contributed by atoms with van der Waals surface area (Å²) in [6.45, 7) is 9.10. The fourth-order valence-corrected chi connectivity index (χ4v) is 4.60. The number of carbonyl (C=O) groups excluding carboxylic acids is 1. The smallest absolute Gasteiger partial charge is 0.272 e. The number of likely N-dealkylation sites (N-methyl/N-ethyl adjacent to an activating group) is 1. The molecule has 2 saturated heterocycles. The average Bonchev–Trinajstić information content (AvgIpc) is 3.23. The molecule has 0 spiro atoms. The number of piperazine rings is 1. The van der Waals surface area contributed by atoms with Crippen LogP contribution >= 0.6 is 0 Å². The average molecular weight is 439 g/mol. The van der Waals surface area contributed by atoms with Crippen molar-refractivity contribution in [2.45, 2.75) is 38.8 Å². The van der Waals surface area contributed by atoms with E-state index in [-0.39, 0.29) is 11.9 Å². The minimum absolute atomic E-state index is 0.123. The van der Waals surface area contributed by atoms with E-state index in [0.29, 0.717) is 29.8 Å². The first-order valence-electron chi connectivity index (χ1n) is 11.7. The van der Waals surface area contributed by atoms with Gasteiger partial charge in [-0.1, -0.05) is 6.92 Å². The number of nitrogens with one attached hydrogen (secondary N) is 2. The molecule has 1 amide bonds. The summed E-state index contributed by atoms with van der Waals surface area (Å²) in [5.41, 5.74) is 2.80. The van der Waals surface area contributed by atoms with E-state index in [1.54, 1.807) is 12.4 Å². The monoisotopic (exact) mass is 438 g/mol. The zero-order valence-corrected chi connectivity index (χ0v) is 19.3. The number of anilines is 1. The highest BCUT2D eigenvalue weighted by Gasteiger charge is 2.30. The van der Waals surface area contributed by atoms with E-state index < -0.39 is 0 Å². The number of hydrogen-bond acceptors (Lipinski definition) is 7. The van der Waals surface area contributed by atoms with E-state index in [1.807, 2.05) is 25.1 Å². The van der Waals surface area contributed by atoms with Crippen molar-refractivity contribution in [2.24, 2.45) is 0 Å². The topological polar surface area (TPSA) is 82.6 Å². The van der Waals surface area contributed by atoms with Crippen molar-refractivity contribution >= 4 is 11.6 Å². The standard InChI is InChI=1S/C24H34N6O2/c1-4-19-15-26-10-12-30(19)20-13-21(32-5-2)22(17-7-6-9-25-14-17)28-23(20)24(31)27-18-8-11-29(3)16-18/h6-7,9,13-14,18-19,26H,4-5,8,10-12,15-16H2,1-3H3,(H,27,31)/t18-,19-/m1/s1. The van der Waals surface area contributed by atoms with Crippen LogP contribution in [0.15, 0.2) is 30.6 Å². The Morgan fingerprint density at radius 3 is 2.91 bits per heavy atom. The van der Waals surface area contributed by atoms with Crippen LogP contribution in [-0.4, -0.2) is 79.2 Å². The Hall–Kier alpha value is -2.71. The molecule has 2 aliphatic rings. The van der Waals surface area contributed by atoms with E-state index >= 15 is 0 Å². The van der Waals surface area contributed by atoms with Crippen molar-refractivity contribution in [2.75, 3.05) is 51.3 Å². The lowest BCUT2D eigenvalue weighted by Gasteiger charge is -2.38. The third-order valence-electron chi connectivity index (χ3n) is 6.27. The molecule has 8 nitrogen and oxygen atoms in total. The van der Waals surface area contributed by atoms with E-state index in [0.717, 1.165) is 56.8 Å². The van der Waals surface area contributed by atoms with Gasteiger partial charge in [0.15, 0.2) is 5.69 Å². The molecule has 4 heterocycles. The van der Waals surface area contributed by atoms with Crippen molar-refractivity contribution in [1.82, 2.24) is 25.5 Å². The highest BCUT2D eigenvalue weighted by Crippen LogP contribution is 2.35. The summed E-state index contributed by atoms with van der Waals surface area (Å²) in [6, 6.07) is 6.26. The summed E-state index contributed by atoms with van der Waals surface area (Å²) >= 11 is 0. The van der Waals surface area contributed by atoms with E-state index in [2.05, 4.69) is 39.4 Å². The number of nitrogens with zero attached hydrogens (tertiary/aromatic N) is 4. The van der Waals surface area contributed by atoms with Gasteiger partial charge in [0.25, 0.3) is 5.91 Å². The summed E-state index contributed by atoms with van der Waals surface area (Å²) < 4.78 is 6.00. The van der Waals surface area contributed by atoms with Gasteiger partial charge in [-0.15, -0.1) is 0 Å². The molecule has 0 radical (unpaired) electrons. The Morgan fingerprint density at radius 1 is 1.34 bits per heavy atom. The number of hydrogen-bond donors (Lipinski definition) is 2. The summed E-state index contributed by atoms with van der Waals surface area (Å²) in [6.07, 6.45) is 5.43. The van der Waals surface area contributed by atoms with Gasteiger partial charge in [0.1, 0.15) is 11.4 Å². The van der Waals surface area contributed by atoms with Crippen LogP contribution < -0.4 is 20.3 Å². The molecule has 0 aromatic carbocycles. The van der Waals surface area contributed by atoms with Gasteiger partial charge in [0.2, 0.25) is 0 Å². The molecule has 2 N–H and O–H groups in total. The van der Waals surface area contributed by atoms with E-state index in [9.17, 15) is 4.79 Å². The second-order valence-corrected chi connectivity index (χ2v) is 8.56. The van der Waals surface area contributed by atoms with Crippen LogP contribution in [0, 0.1) is 0 Å². The molecule has 4 rings (SSSR count). The van der Waals surface area contributed by atoms with Crippen LogP contribution in [0.5, 0.6) is 5.75 Å². The van der Waals surface area contributed by atoms with Gasteiger partial charge in [0.05, 0.1) is 12.3 Å². The second-order valence-electron chi connectivity index (χ2n) is 8.56. The molecule has 172 valence electrons. The molecule has 0 saturated carbocycles. The maximum absolute atomic E-state index is 13.5. The molecular formula is C24H34N6O2. The number of amides is 1. The van der Waals surface area contributed by atoms with Crippen molar-refractivity contribution in [3.05, 3.63) is 36.3 Å². The Bertz CT molecular complexity index is 922.